The van der Waals surface area contributed by atoms with Crippen molar-refractivity contribution in [1.82, 2.24) is 9.80 Å². The van der Waals surface area contributed by atoms with Gasteiger partial charge in [-0.05, 0) is 52.1 Å². The summed E-state index contributed by atoms with van der Waals surface area (Å²) in [5.74, 6) is 0.840. The number of amides is 1. The Hall–Kier alpha value is -0.570. The van der Waals surface area contributed by atoms with Crippen LogP contribution in [0.5, 0.6) is 0 Å². The molecule has 3 rings (SSSR count). The molecule has 1 amide bonds. The van der Waals surface area contributed by atoms with Crippen molar-refractivity contribution in [3.8, 4) is 0 Å². The van der Waals surface area contributed by atoms with Gasteiger partial charge in [-0.25, -0.2) is 0 Å². The molecule has 102 valence electrons. The monoisotopic (exact) mass is 250 g/mol. The average molecular weight is 250 g/mol. The first-order valence-corrected chi connectivity index (χ1v) is 7.78. The van der Waals surface area contributed by atoms with Crippen LogP contribution in [0, 0.1) is 5.92 Å². The van der Waals surface area contributed by atoms with Crippen molar-refractivity contribution in [3.05, 3.63) is 0 Å². The SMILES string of the molecule is CN1CCC[C@H]1[C@H]1CCCN1C(=O)C1CCCC1. The van der Waals surface area contributed by atoms with Crippen molar-refractivity contribution in [2.24, 2.45) is 5.92 Å². The third-order valence-corrected chi connectivity index (χ3v) is 5.31. The van der Waals surface area contributed by atoms with Crippen molar-refractivity contribution >= 4 is 5.91 Å². The van der Waals surface area contributed by atoms with Gasteiger partial charge >= 0.3 is 0 Å². The van der Waals surface area contributed by atoms with Crippen LogP contribution in [-0.2, 0) is 4.79 Å². The maximum atomic E-state index is 12.6. The van der Waals surface area contributed by atoms with Gasteiger partial charge in [0.25, 0.3) is 0 Å². The number of hydrogen-bond acceptors (Lipinski definition) is 2. The lowest BCUT2D eigenvalue weighted by atomic mass is 10.0. The van der Waals surface area contributed by atoms with Crippen LogP contribution < -0.4 is 0 Å². The second-order valence-electron chi connectivity index (χ2n) is 6.41. The Balaban J connectivity index is 1.68. The van der Waals surface area contributed by atoms with E-state index >= 15 is 0 Å². The maximum absolute atomic E-state index is 12.6. The van der Waals surface area contributed by atoms with Gasteiger partial charge in [0.1, 0.15) is 0 Å². The molecule has 0 bridgehead atoms. The number of hydrogen-bond donors (Lipinski definition) is 0. The molecule has 2 saturated heterocycles. The van der Waals surface area contributed by atoms with Crippen molar-refractivity contribution in [2.75, 3.05) is 20.1 Å². The Morgan fingerprint density at radius 2 is 1.56 bits per heavy atom. The normalized spacial score (nSPS) is 34.6. The molecule has 3 nitrogen and oxygen atoms in total. The number of likely N-dealkylation sites (tertiary alicyclic amines) is 2. The third kappa shape index (κ3) is 2.18. The number of rotatable bonds is 2. The molecule has 2 atom stereocenters. The quantitative estimate of drug-likeness (QED) is 0.750. The van der Waals surface area contributed by atoms with E-state index in [-0.39, 0.29) is 0 Å². The second kappa shape index (κ2) is 5.20. The van der Waals surface area contributed by atoms with Gasteiger partial charge in [-0.2, -0.15) is 0 Å². The molecule has 3 aliphatic rings. The summed E-state index contributed by atoms with van der Waals surface area (Å²) in [6.07, 6.45) is 9.85. The number of nitrogens with zero attached hydrogens (tertiary/aromatic N) is 2. The van der Waals surface area contributed by atoms with Crippen LogP contribution in [0.1, 0.15) is 51.4 Å². The van der Waals surface area contributed by atoms with Crippen molar-refractivity contribution < 1.29 is 4.79 Å². The lowest BCUT2D eigenvalue weighted by Gasteiger charge is -2.34. The number of likely N-dealkylation sites (N-methyl/N-ethyl adjacent to an activating group) is 1. The molecular weight excluding hydrogens is 224 g/mol. The summed E-state index contributed by atoms with van der Waals surface area (Å²) in [5.41, 5.74) is 0. The topological polar surface area (TPSA) is 23.6 Å². The van der Waals surface area contributed by atoms with Crippen LogP contribution in [0.4, 0.5) is 0 Å². The van der Waals surface area contributed by atoms with Gasteiger partial charge < -0.3 is 9.80 Å². The fourth-order valence-electron chi connectivity index (χ4n) is 4.30. The number of carbonyl (C=O) groups is 1. The first-order chi connectivity index (χ1) is 8.77. The molecule has 0 unspecified atom stereocenters. The van der Waals surface area contributed by atoms with E-state index in [9.17, 15) is 4.79 Å². The van der Waals surface area contributed by atoms with E-state index in [2.05, 4.69) is 16.8 Å². The molecule has 1 saturated carbocycles. The lowest BCUT2D eigenvalue weighted by Crippen LogP contribution is -2.48. The van der Waals surface area contributed by atoms with Gasteiger partial charge in [0.05, 0.1) is 0 Å². The molecule has 0 aromatic rings. The van der Waals surface area contributed by atoms with E-state index < -0.39 is 0 Å². The third-order valence-electron chi connectivity index (χ3n) is 5.31. The first-order valence-electron chi connectivity index (χ1n) is 7.78. The van der Waals surface area contributed by atoms with Crippen LogP contribution >= 0.6 is 0 Å². The predicted molar refractivity (Wildman–Crippen MR) is 72.3 cm³/mol. The Labute approximate surface area is 111 Å². The minimum absolute atomic E-state index is 0.359. The van der Waals surface area contributed by atoms with E-state index in [4.69, 9.17) is 0 Å². The van der Waals surface area contributed by atoms with Crippen molar-refractivity contribution in [2.45, 2.75) is 63.5 Å². The summed E-state index contributed by atoms with van der Waals surface area (Å²) in [6.45, 7) is 2.23. The lowest BCUT2D eigenvalue weighted by molar-refractivity contribution is -0.137. The Morgan fingerprint density at radius 1 is 0.889 bits per heavy atom. The molecule has 0 aromatic heterocycles. The minimum Gasteiger partial charge on any atom is -0.338 e. The van der Waals surface area contributed by atoms with Crippen molar-refractivity contribution in [3.63, 3.8) is 0 Å². The van der Waals surface area contributed by atoms with E-state index in [0.29, 0.717) is 23.9 Å². The summed E-state index contributed by atoms with van der Waals surface area (Å²) < 4.78 is 0. The summed E-state index contributed by atoms with van der Waals surface area (Å²) in [6, 6.07) is 1.16. The highest BCUT2D eigenvalue weighted by Crippen LogP contribution is 2.33. The Kier molecular flexibility index (Phi) is 3.60. The zero-order chi connectivity index (χ0) is 12.5. The molecule has 3 fully saturated rings. The second-order valence-corrected chi connectivity index (χ2v) is 6.41. The van der Waals surface area contributed by atoms with Crippen molar-refractivity contribution in [1.29, 1.82) is 0 Å². The smallest absolute Gasteiger partial charge is 0.225 e. The van der Waals surface area contributed by atoms with E-state index in [1.807, 2.05) is 0 Å². The Bertz CT molecular complexity index is 312. The summed E-state index contributed by atoms with van der Waals surface area (Å²) in [5, 5.41) is 0. The molecule has 2 aliphatic heterocycles. The molecule has 1 aliphatic carbocycles. The molecule has 0 radical (unpaired) electrons. The van der Waals surface area contributed by atoms with Crippen LogP contribution in [0.25, 0.3) is 0 Å². The predicted octanol–water partition coefficient (Wildman–Crippen LogP) is 2.26. The van der Waals surface area contributed by atoms with Gasteiger partial charge in [0.15, 0.2) is 0 Å². The highest BCUT2D eigenvalue weighted by Gasteiger charge is 2.40. The van der Waals surface area contributed by atoms with Gasteiger partial charge in [0, 0.05) is 24.5 Å². The molecule has 0 aromatic carbocycles. The molecule has 18 heavy (non-hydrogen) atoms. The average Bonchev–Trinajstić information content (AvgIpc) is 3.09. The zero-order valence-electron chi connectivity index (χ0n) is 11.6. The zero-order valence-corrected chi connectivity index (χ0v) is 11.6. The van der Waals surface area contributed by atoms with Gasteiger partial charge in [0.2, 0.25) is 5.91 Å². The molecule has 3 heteroatoms. The summed E-state index contributed by atoms with van der Waals surface area (Å²) in [7, 11) is 2.23. The first kappa shape index (κ1) is 12.5. The van der Waals surface area contributed by atoms with Gasteiger partial charge in [-0.15, -0.1) is 0 Å². The van der Waals surface area contributed by atoms with E-state index in [0.717, 1.165) is 19.4 Å². The Morgan fingerprint density at radius 3 is 2.22 bits per heavy atom. The van der Waals surface area contributed by atoms with E-state index in [1.54, 1.807) is 0 Å². The van der Waals surface area contributed by atoms with Crippen LogP contribution in [-0.4, -0.2) is 47.9 Å². The standard InChI is InChI=1S/C15H26N2O/c1-16-10-4-8-13(16)14-9-5-11-17(14)15(18)12-6-2-3-7-12/h12-14H,2-11H2,1H3/t13-,14+/m0/s1. The van der Waals surface area contributed by atoms with Gasteiger partial charge in [-0.3, -0.25) is 4.79 Å². The minimum atomic E-state index is 0.359. The highest BCUT2D eigenvalue weighted by molar-refractivity contribution is 5.79. The summed E-state index contributed by atoms with van der Waals surface area (Å²) >= 11 is 0. The van der Waals surface area contributed by atoms with Crippen LogP contribution in [0.15, 0.2) is 0 Å². The summed E-state index contributed by atoms with van der Waals surface area (Å²) in [4.78, 5) is 17.4. The van der Waals surface area contributed by atoms with Crippen LogP contribution in [0.2, 0.25) is 0 Å². The fraction of sp³-hybridized carbons (Fsp3) is 0.933. The molecular formula is C15H26N2O. The molecule has 2 heterocycles. The highest BCUT2D eigenvalue weighted by atomic mass is 16.2. The largest absolute Gasteiger partial charge is 0.338 e. The molecule has 0 spiro atoms. The van der Waals surface area contributed by atoms with Crippen LogP contribution in [0.3, 0.4) is 0 Å². The number of carbonyl (C=O) groups excluding carboxylic acids is 1. The van der Waals surface area contributed by atoms with Gasteiger partial charge in [-0.1, -0.05) is 12.8 Å². The maximum Gasteiger partial charge on any atom is 0.225 e. The molecule has 0 N–H and O–H groups in total. The van der Waals surface area contributed by atoms with E-state index in [1.165, 1.54) is 45.1 Å². The fourth-order valence-corrected chi connectivity index (χ4v) is 4.30.